The van der Waals surface area contributed by atoms with Crippen LogP contribution < -0.4 is 5.73 Å². The minimum absolute atomic E-state index is 0.0191. The molecule has 0 spiro atoms. The predicted octanol–water partition coefficient (Wildman–Crippen LogP) is 0.0764. The first-order valence-electron chi connectivity index (χ1n) is 5.80. The summed E-state index contributed by atoms with van der Waals surface area (Å²) in [5.74, 6) is 0.271. The van der Waals surface area contributed by atoms with Crippen molar-refractivity contribution in [3.63, 3.8) is 0 Å². The Morgan fingerprint density at radius 1 is 1.53 bits per heavy atom. The van der Waals surface area contributed by atoms with Crippen molar-refractivity contribution in [1.29, 1.82) is 0 Å². The number of rotatable bonds is 1. The summed E-state index contributed by atoms with van der Waals surface area (Å²) in [5, 5.41) is 6.61. The average molecular weight is 237 g/mol. The molecule has 0 aromatic carbocycles. The third-order valence-corrected chi connectivity index (χ3v) is 3.28. The van der Waals surface area contributed by atoms with Gasteiger partial charge >= 0.3 is 0 Å². The van der Waals surface area contributed by atoms with Gasteiger partial charge in [-0.25, -0.2) is 0 Å². The van der Waals surface area contributed by atoms with Crippen LogP contribution in [0.3, 0.4) is 0 Å². The van der Waals surface area contributed by atoms with Crippen LogP contribution in [0.15, 0.2) is 0 Å². The van der Waals surface area contributed by atoms with Crippen LogP contribution in [-0.4, -0.2) is 58.6 Å². The number of aromatic amines is 1. The first-order chi connectivity index (χ1) is 8.00. The lowest BCUT2D eigenvalue weighted by Crippen LogP contribution is -2.52. The van der Waals surface area contributed by atoms with Crippen LogP contribution >= 0.6 is 0 Å². The molecule has 0 radical (unpaired) electrons. The van der Waals surface area contributed by atoms with Crippen molar-refractivity contribution in [1.82, 2.24) is 20.0 Å². The molecular weight excluding hydrogens is 218 g/mol. The van der Waals surface area contributed by atoms with Gasteiger partial charge in [0.1, 0.15) is 5.56 Å². The summed E-state index contributed by atoms with van der Waals surface area (Å²) >= 11 is 0. The molecule has 2 heterocycles. The number of piperazine rings is 1. The van der Waals surface area contributed by atoms with E-state index in [9.17, 15) is 4.79 Å². The summed E-state index contributed by atoms with van der Waals surface area (Å²) in [5.41, 5.74) is 6.97. The van der Waals surface area contributed by atoms with Gasteiger partial charge in [0.2, 0.25) is 0 Å². The fraction of sp³-hybridized carbons (Fsp3) is 0.636. The van der Waals surface area contributed by atoms with Crippen LogP contribution in [0.25, 0.3) is 0 Å². The second kappa shape index (κ2) is 4.37. The number of aryl methyl sites for hydroxylation is 1. The molecule has 1 amide bonds. The molecule has 1 aromatic rings. The fourth-order valence-corrected chi connectivity index (χ4v) is 2.30. The third-order valence-electron chi connectivity index (χ3n) is 3.28. The van der Waals surface area contributed by atoms with Crippen molar-refractivity contribution in [2.24, 2.45) is 0 Å². The predicted molar refractivity (Wildman–Crippen MR) is 65.7 cm³/mol. The maximum atomic E-state index is 12.4. The minimum Gasteiger partial charge on any atom is -0.382 e. The molecule has 0 saturated carbocycles. The van der Waals surface area contributed by atoms with Crippen molar-refractivity contribution < 1.29 is 4.79 Å². The second-order valence-corrected chi connectivity index (χ2v) is 4.72. The molecule has 1 atom stereocenters. The zero-order valence-corrected chi connectivity index (χ0v) is 10.5. The van der Waals surface area contributed by atoms with E-state index >= 15 is 0 Å². The fourth-order valence-electron chi connectivity index (χ4n) is 2.30. The third kappa shape index (κ3) is 2.12. The first kappa shape index (κ1) is 11.9. The number of hydrogen-bond donors (Lipinski definition) is 2. The largest absolute Gasteiger partial charge is 0.382 e. The van der Waals surface area contributed by atoms with Gasteiger partial charge in [0, 0.05) is 31.4 Å². The summed E-state index contributed by atoms with van der Waals surface area (Å²) in [7, 11) is 2.07. The van der Waals surface area contributed by atoms with Gasteiger partial charge in [-0.2, -0.15) is 5.10 Å². The Morgan fingerprint density at radius 3 is 2.76 bits per heavy atom. The molecule has 1 unspecified atom stereocenters. The molecule has 94 valence electrons. The van der Waals surface area contributed by atoms with Gasteiger partial charge in [0.25, 0.3) is 5.91 Å². The van der Waals surface area contributed by atoms with Crippen LogP contribution in [0.2, 0.25) is 0 Å². The van der Waals surface area contributed by atoms with Gasteiger partial charge < -0.3 is 15.5 Å². The van der Waals surface area contributed by atoms with Gasteiger partial charge in [0.15, 0.2) is 5.82 Å². The zero-order valence-electron chi connectivity index (χ0n) is 10.5. The first-order valence-corrected chi connectivity index (χ1v) is 5.80. The highest BCUT2D eigenvalue weighted by Gasteiger charge is 2.29. The number of nitrogens with two attached hydrogens (primary N) is 1. The van der Waals surface area contributed by atoms with Crippen molar-refractivity contribution in [2.75, 3.05) is 32.4 Å². The molecule has 0 aliphatic carbocycles. The molecule has 1 aromatic heterocycles. The van der Waals surface area contributed by atoms with E-state index in [1.165, 1.54) is 0 Å². The van der Waals surface area contributed by atoms with Crippen LogP contribution in [-0.2, 0) is 0 Å². The van der Waals surface area contributed by atoms with Crippen LogP contribution in [0.1, 0.15) is 23.0 Å². The molecule has 2 rings (SSSR count). The van der Waals surface area contributed by atoms with Crippen molar-refractivity contribution in [3.8, 4) is 0 Å². The Bertz CT molecular complexity index is 408. The summed E-state index contributed by atoms with van der Waals surface area (Å²) in [6.07, 6.45) is 0. The highest BCUT2D eigenvalue weighted by molar-refractivity contribution is 5.99. The SMILES string of the molecule is Cc1[nH]nc(N)c1C(=O)N1CCN(C)CC1C. The van der Waals surface area contributed by atoms with Gasteiger partial charge in [-0.3, -0.25) is 9.89 Å². The quantitative estimate of drug-likeness (QED) is 0.725. The zero-order chi connectivity index (χ0) is 12.6. The van der Waals surface area contributed by atoms with E-state index < -0.39 is 0 Å². The molecular formula is C11H19N5O. The summed E-state index contributed by atoms with van der Waals surface area (Å²) < 4.78 is 0. The Hall–Kier alpha value is -1.56. The standard InChI is InChI=1S/C11H19N5O/c1-7-6-15(3)4-5-16(7)11(17)9-8(2)13-14-10(9)12/h7H,4-6H2,1-3H3,(H3,12,13,14). The number of carbonyl (C=O) groups excluding carboxylic acids is 1. The van der Waals surface area contributed by atoms with Crippen LogP contribution in [0, 0.1) is 6.92 Å². The second-order valence-electron chi connectivity index (χ2n) is 4.72. The number of nitrogens with zero attached hydrogens (tertiary/aromatic N) is 3. The highest BCUT2D eigenvalue weighted by Crippen LogP contribution is 2.18. The molecule has 6 heteroatoms. The normalized spacial score (nSPS) is 21.8. The number of hydrogen-bond acceptors (Lipinski definition) is 4. The summed E-state index contributed by atoms with van der Waals surface area (Å²) in [4.78, 5) is 16.5. The highest BCUT2D eigenvalue weighted by atomic mass is 16.2. The number of likely N-dealkylation sites (N-methyl/N-ethyl adjacent to an activating group) is 1. The monoisotopic (exact) mass is 237 g/mol. The number of nitrogen functional groups attached to an aromatic ring is 1. The van der Waals surface area contributed by atoms with Gasteiger partial charge in [-0.1, -0.05) is 0 Å². The maximum absolute atomic E-state index is 12.4. The molecule has 1 aliphatic heterocycles. The van der Waals surface area contributed by atoms with Crippen LogP contribution in [0.5, 0.6) is 0 Å². The number of anilines is 1. The molecule has 6 nitrogen and oxygen atoms in total. The van der Waals surface area contributed by atoms with E-state index in [0.717, 1.165) is 25.3 Å². The van der Waals surface area contributed by atoms with Crippen molar-refractivity contribution in [2.45, 2.75) is 19.9 Å². The van der Waals surface area contributed by atoms with E-state index in [4.69, 9.17) is 5.73 Å². The number of aromatic nitrogens is 2. The summed E-state index contributed by atoms with van der Waals surface area (Å²) in [6, 6.07) is 0.204. The van der Waals surface area contributed by atoms with Crippen molar-refractivity contribution >= 4 is 11.7 Å². The lowest BCUT2D eigenvalue weighted by atomic mass is 10.1. The average Bonchev–Trinajstić information content (AvgIpc) is 2.58. The smallest absolute Gasteiger partial charge is 0.259 e. The Balaban J connectivity index is 2.21. The van der Waals surface area contributed by atoms with E-state index in [1.807, 2.05) is 11.8 Å². The molecule has 0 bridgehead atoms. The van der Waals surface area contributed by atoms with Crippen molar-refractivity contribution in [3.05, 3.63) is 11.3 Å². The van der Waals surface area contributed by atoms with Gasteiger partial charge in [0.05, 0.1) is 0 Å². The number of carbonyl (C=O) groups is 1. The molecule has 1 saturated heterocycles. The topological polar surface area (TPSA) is 78.2 Å². The summed E-state index contributed by atoms with van der Waals surface area (Å²) in [6.45, 7) is 6.40. The lowest BCUT2D eigenvalue weighted by molar-refractivity contribution is 0.0534. The number of H-pyrrole nitrogens is 1. The van der Waals surface area contributed by atoms with E-state index in [2.05, 4.69) is 29.1 Å². The van der Waals surface area contributed by atoms with E-state index in [1.54, 1.807) is 0 Å². The Kier molecular flexibility index (Phi) is 3.06. The molecule has 1 fully saturated rings. The van der Waals surface area contributed by atoms with Gasteiger partial charge in [-0.05, 0) is 20.9 Å². The molecule has 17 heavy (non-hydrogen) atoms. The molecule has 3 N–H and O–H groups in total. The van der Waals surface area contributed by atoms with E-state index in [0.29, 0.717) is 11.4 Å². The number of nitrogens with one attached hydrogen (secondary N) is 1. The Morgan fingerprint density at radius 2 is 2.24 bits per heavy atom. The van der Waals surface area contributed by atoms with E-state index in [-0.39, 0.29) is 11.9 Å². The minimum atomic E-state index is -0.0191. The maximum Gasteiger partial charge on any atom is 0.259 e. The Labute approximate surface area is 101 Å². The molecule has 1 aliphatic rings. The number of amides is 1. The van der Waals surface area contributed by atoms with Crippen LogP contribution in [0.4, 0.5) is 5.82 Å². The van der Waals surface area contributed by atoms with Gasteiger partial charge in [-0.15, -0.1) is 0 Å². The lowest BCUT2D eigenvalue weighted by Gasteiger charge is -2.38.